The van der Waals surface area contributed by atoms with Crippen molar-refractivity contribution in [1.82, 2.24) is 5.32 Å². The van der Waals surface area contributed by atoms with Crippen molar-refractivity contribution in [3.05, 3.63) is 29.8 Å². The number of carbonyl (C=O) groups is 2. The van der Waals surface area contributed by atoms with Crippen LogP contribution in [0.3, 0.4) is 0 Å². The maximum absolute atomic E-state index is 12.1. The molecule has 1 aromatic rings. The molecule has 0 aliphatic heterocycles. The molecule has 0 heterocycles. The predicted octanol–water partition coefficient (Wildman–Crippen LogP) is 4.24. The van der Waals surface area contributed by atoms with Crippen molar-refractivity contribution >= 4 is 11.7 Å². The molecule has 4 nitrogen and oxygen atoms in total. The van der Waals surface area contributed by atoms with Gasteiger partial charge in [-0.2, -0.15) is 0 Å². The Morgan fingerprint density at radius 3 is 2.33 bits per heavy atom. The lowest BCUT2D eigenvalue weighted by molar-refractivity contribution is -0.126. The molecular formula is C20H31NO3. The van der Waals surface area contributed by atoms with E-state index in [1.54, 1.807) is 31.4 Å². The van der Waals surface area contributed by atoms with E-state index >= 15 is 0 Å². The van der Waals surface area contributed by atoms with Crippen LogP contribution >= 0.6 is 0 Å². The maximum Gasteiger partial charge on any atom is 0.223 e. The van der Waals surface area contributed by atoms with E-state index in [-0.39, 0.29) is 24.2 Å². The average Bonchev–Trinajstić information content (AvgIpc) is 2.60. The first kappa shape index (κ1) is 20.2. The Hall–Kier alpha value is -1.84. The van der Waals surface area contributed by atoms with Crippen LogP contribution in [0.4, 0.5) is 0 Å². The van der Waals surface area contributed by atoms with Crippen LogP contribution in [-0.2, 0) is 4.79 Å². The summed E-state index contributed by atoms with van der Waals surface area (Å²) in [6.07, 6.45) is 5.43. The Morgan fingerprint density at radius 1 is 1.17 bits per heavy atom. The number of ketones is 1. The van der Waals surface area contributed by atoms with Gasteiger partial charge in [0, 0.05) is 11.5 Å². The molecule has 1 fully saturated rings. The van der Waals surface area contributed by atoms with Gasteiger partial charge in [0.25, 0.3) is 0 Å². The largest absolute Gasteiger partial charge is 0.497 e. The predicted molar refractivity (Wildman–Crippen MR) is 97.4 cm³/mol. The van der Waals surface area contributed by atoms with Gasteiger partial charge in [0.2, 0.25) is 5.91 Å². The normalized spacial score (nSPS) is 19.7. The van der Waals surface area contributed by atoms with Gasteiger partial charge in [-0.15, -0.1) is 0 Å². The molecule has 1 N–H and O–H groups in total. The summed E-state index contributed by atoms with van der Waals surface area (Å²) < 4.78 is 5.06. The lowest BCUT2D eigenvalue weighted by Crippen LogP contribution is -2.36. The van der Waals surface area contributed by atoms with Crippen molar-refractivity contribution in [2.75, 3.05) is 13.7 Å². The second-order valence-corrected chi connectivity index (χ2v) is 6.55. The van der Waals surface area contributed by atoms with E-state index in [0.29, 0.717) is 17.2 Å². The Morgan fingerprint density at radius 2 is 1.79 bits per heavy atom. The average molecular weight is 333 g/mol. The van der Waals surface area contributed by atoms with Crippen LogP contribution in [0.1, 0.15) is 63.2 Å². The van der Waals surface area contributed by atoms with Crippen molar-refractivity contribution < 1.29 is 14.3 Å². The molecule has 0 saturated heterocycles. The van der Waals surface area contributed by atoms with Gasteiger partial charge in [0.1, 0.15) is 5.75 Å². The second-order valence-electron chi connectivity index (χ2n) is 6.55. The summed E-state index contributed by atoms with van der Waals surface area (Å²) in [6.45, 7) is 6.50. The van der Waals surface area contributed by atoms with Crippen LogP contribution in [0.5, 0.6) is 5.75 Å². The van der Waals surface area contributed by atoms with Crippen LogP contribution < -0.4 is 10.1 Å². The van der Waals surface area contributed by atoms with Crippen LogP contribution in [0.2, 0.25) is 0 Å². The SMILES string of the molecule is CCC.COc1ccc(C(=O)CNC(=O)C2CCCC(C)C2)cc1. The van der Waals surface area contributed by atoms with Crippen LogP contribution in [-0.4, -0.2) is 25.3 Å². The smallest absolute Gasteiger partial charge is 0.223 e. The molecule has 2 rings (SSSR count). The summed E-state index contributed by atoms with van der Waals surface area (Å²) in [4.78, 5) is 24.1. The topological polar surface area (TPSA) is 55.4 Å². The third kappa shape index (κ3) is 6.73. The molecule has 4 heteroatoms. The third-order valence-electron chi connectivity index (χ3n) is 4.14. The Labute approximate surface area is 146 Å². The molecule has 1 aliphatic rings. The van der Waals surface area contributed by atoms with E-state index in [9.17, 15) is 9.59 Å². The maximum atomic E-state index is 12.1. The lowest BCUT2D eigenvalue weighted by Gasteiger charge is -2.25. The first-order valence-corrected chi connectivity index (χ1v) is 8.96. The molecule has 24 heavy (non-hydrogen) atoms. The van der Waals surface area contributed by atoms with Crippen LogP contribution in [0, 0.1) is 11.8 Å². The molecule has 2 unspecified atom stereocenters. The van der Waals surface area contributed by atoms with Crippen molar-refractivity contribution in [1.29, 1.82) is 0 Å². The highest BCUT2D eigenvalue weighted by atomic mass is 16.5. The summed E-state index contributed by atoms with van der Waals surface area (Å²) in [6, 6.07) is 6.93. The number of carbonyl (C=O) groups excluding carboxylic acids is 2. The van der Waals surface area contributed by atoms with E-state index in [1.165, 1.54) is 12.8 Å². The number of amides is 1. The van der Waals surface area contributed by atoms with Gasteiger partial charge in [-0.3, -0.25) is 9.59 Å². The number of ether oxygens (including phenoxy) is 1. The minimum atomic E-state index is -0.0742. The van der Waals surface area contributed by atoms with Crippen molar-refractivity contribution in [2.45, 2.75) is 52.9 Å². The van der Waals surface area contributed by atoms with Gasteiger partial charge in [0.15, 0.2) is 5.78 Å². The molecule has 1 amide bonds. The van der Waals surface area contributed by atoms with Crippen molar-refractivity contribution in [3.63, 3.8) is 0 Å². The van der Waals surface area contributed by atoms with Crippen molar-refractivity contribution in [3.8, 4) is 5.75 Å². The van der Waals surface area contributed by atoms with Crippen LogP contribution in [0.25, 0.3) is 0 Å². The van der Waals surface area contributed by atoms with E-state index in [4.69, 9.17) is 4.74 Å². The molecule has 0 radical (unpaired) electrons. The summed E-state index contributed by atoms with van der Waals surface area (Å²) in [5.41, 5.74) is 0.591. The number of hydrogen-bond acceptors (Lipinski definition) is 3. The highest BCUT2D eigenvalue weighted by molar-refractivity contribution is 5.99. The fourth-order valence-electron chi connectivity index (χ4n) is 2.86. The molecule has 0 aromatic heterocycles. The van der Waals surface area contributed by atoms with Gasteiger partial charge in [-0.1, -0.05) is 40.0 Å². The van der Waals surface area contributed by atoms with Crippen molar-refractivity contribution in [2.24, 2.45) is 11.8 Å². The molecular weight excluding hydrogens is 302 g/mol. The molecule has 1 saturated carbocycles. The Balaban J connectivity index is 0.000000891. The quantitative estimate of drug-likeness (QED) is 0.820. The summed E-state index contributed by atoms with van der Waals surface area (Å²) in [5.74, 6) is 1.33. The van der Waals surface area contributed by atoms with Gasteiger partial charge in [-0.05, 0) is 43.0 Å². The van der Waals surface area contributed by atoms with Gasteiger partial charge in [0.05, 0.1) is 13.7 Å². The molecule has 0 spiro atoms. The third-order valence-corrected chi connectivity index (χ3v) is 4.14. The van der Waals surface area contributed by atoms with E-state index in [2.05, 4.69) is 26.1 Å². The minimum absolute atomic E-state index is 0.0170. The number of nitrogens with one attached hydrogen (secondary N) is 1. The van der Waals surface area contributed by atoms with E-state index in [1.807, 2.05) is 0 Å². The molecule has 134 valence electrons. The minimum Gasteiger partial charge on any atom is -0.497 e. The molecule has 1 aromatic carbocycles. The monoisotopic (exact) mass is 333 g/mol. The zero-order valence-corrected chi connectivity index (χ0v) is 15.4. The number of hydrogen-bond donors (Lipinski definition) is 1. The first-order valence-electron chi connectivity index (χ1n) is 8.96. The van der Waals surface area contributed by atoms with Gasteiger partial charge in [-0.25, -0.2) is 0 Å². The fraction of sp³-hybridized carbons (Fsp3) is 0.600. The summed E-state index contributed by atoms with van der Waals surface area (Å²) >= 11 is 0. The Kier molecular flexibility index (Phi) is 9.13. The molecule has 0 bridgehead atoms. The van der Waals surface area contributed by atoms with E-state index in [0.717, 1.165) is 19.3 Å². The number of benzene rings is 1. The van der Waals surface area contributed by atoms with Crippen LogP contribution in [0.15, 0.2) is 24.3 Å². The Bertz CT molecular complexity index is 510. The summed E-state index contributed by atoms with van der Waals surface area (Å²) in [7, 11) is 1.59. The molecule has 1 aliphatic carbocycles. The number of rotatable bonds is 5. The first-order chi connectivity index (χ1) is 11.5. The van der Waals surface area contributed by atoms with E-state index < -0.39 is 0 Å². The summed E-state index contributed by atoms with van der Waals surface area (Å²) in [5, 5.41) is 2.78. The highest BCUT2D eigenvalue weighted by Gasteiger charge is 2.25. The zero-order chi connectivity index (χ0) is 17.9. The molecule has 2 atom stereocenters. The lowest BCUT2D eigenvalue weighted by atomic mass is 9.82. The zero-order valence-electron chi connectivity index (χ0n) is 15.4. The standard InChI is InChI=1S/C17H23NO3.C3H8/c1-12-4-3-5-14(10-12)17(20)18-11-16(19)13-6-8-15(21-2)9-7-13;1-3-2/h6-9,12,14H,3-5,10-11H2,1-2H3,(H,18,20);3H2,1-2H3. The van der Waals surface area contributed by atoms with Gasteiger partial charge < -0.3 is 10.1 Å². The van der Waals surface area contributed by atoms with Gasteiger partial charge >= 0.3 is 0 Å². The number of methoxy groups -OCH3 is 1. The number of Topliss-reactive ketones (excluding diaryl/α,β-unsaturated/α-hetero) is 1. The fourth-order valence-corrected chi connectivity index (χ4v) is 2.86. The second kappa shape index (κ2) is 10.8. The highest BCUT2D eigenvalue weighted by Crippen LogP contribution is 2.28.